The number of ether oxygens (including phenoxy) is 1. The minimum atomic E-state index is 0.0775. The molecule has 0 radical (unpaired) electrons. The van der Waals surface area contributed by atoms with Crippen LogP contribution < -0.4 is 10.1 Å². The van der Waals surface area contributed by atoms with E-state index >= 15 is 0 Å². The van der Waals surface area contributed by atoms with E-state index < -0.39 is 0 Å². The second-order valence-corrected chi connectivity index (χ2v) is 6.12. The predicted octanol–water partition coefficient (Wildman–Crippen LogP) is 2.76. The molecule has 0 unspecified atom stereocenters. The summed E-state index contributed by atoms with van der Waals surface area (Å²) >= 11 is 0. The van der Waals surface area contributed by atoms with Crippen molar-refractivity contribution in [3.8, 4) is 5.88 Å². The summed E-state index contributed by atoms with van der Waals surface area (Å²) in [6.45, 7) is 9.54. The van der Waals surface area contributed by atoms with E-state index in [1.165, 1.54) is 12.8 Å². The van der Waals surface area contributed by atoms with Gasteiger partial charge in [0.1, 0.15) is 0 Å². The molecular weight excluding hydrogens is 224 g/mol. The number of aromatic nitrogens is 1. The van der Waals surface area contributed by atoms with Crippen LogP contribution in [-0.4, -0.2) is 24.7 Å². The maximum atomic E-state index is 5.84. The zero-order valence-electron chi connectivity index (χ0n) is 11.7. The van der Waals surface area contributed by atoms with Gasteiger partial charge in [-0.2, -0.15) is 0 Å². The van der Waals surface area contributed by atoms with Gasteiger partial charge in [-0.3, -0.25) is 0 Å². The molecule has 1 N–H and O–H groups in total. The predicted molar refractivity (Wildman–Crippen MR) is 74.0 cm³/mol. The number of pyridine rings is 1. The molecule has 3 nitrogen and oxygen atoms in total. The monoisotopic (exact) mass is 248 g/mol. The van der Waals surface area contributed by atoms with Gasteiger partial charge in [0.2, 0.25) is 5.88 Å². The third kappa shape index (κ3) is 3.70. The highest BCUT2D eigenvalue weighted by atomic mass is 16.5. The average Bonchev–Trinajstić information content (AvgIpc) is 2.37. The molecule has 0 amide bonds. The molecule has 0 saturated carbocycles. The van der Waals surface area contributed by atoms with Crippen LogP contribution in [0.15, 0.2) is 18.2 Å². The molecule has 100 valence electrons. The summed E-state index contributed by atoms with van der Waals surface area (Å²) in [5.74, 6) is 1.44. The summed E-state index contributed by atoms with van der Waals surface area (Å²) in [4.78, 5) is 4.59. The molecule has 1 saturated heterocycles. The first kappa shape index (κ1) is 13.3. The van der Waals surface area contributed by atoms with E-state index in [2.05, 4.69) is 37.1 Å². The summed E-state index contributed by atoms with van der Waals surface area (Å²) in [5, 5.41) is 3.37. The summed E-state index contributed by atoms with van der Waals surface area (Å²) < 4.78 is 5.84. The van der Waals surface area contributed by atoms with Crippen LogP contribution in [0.5, 0.6) is 5.88 Å². The van der Waals surface area contributed by atoms with Gasteiger partial charge >= 0.3 is 0 Å². The molecule has 1 fully saturated rings. The second-order valence-electron chi connectivity index (χ2n) is 6.12. The van der Waals surface area contributed by atoms with Gasteiger partial charge in [-0.05, 0) is 37.9 Å². The number of rotatable bonds is 3. The Labute approximate surface area is 110 Å². The van der Waals surface area contributed by atoms with Crippen LogP contribution in [0.2, 0.25) is 0 Å². The van der Waals surface area contributed by atoms with Crippen molar-refractivity contribution >= 4 is 0 Å². The lowest BCUT2D eigenvalue weighted by Gasteiger charge is -2.23. The summed E-state index contributed by atoms with van der Waals surface area (Å²) in [6, 6.07) is 6.05. The lowest BCUT2D eigenvalue weighted by molar-refractivity contribution is 0.208. The molecule has 1 aliphatic heterocycles. The first-order valence-corrected chi connectivity index (χ1v) is 6.87. The number of nitrogens with zero attached hydrogens (tertiary/aromatic N) is 1. The van der Waals surface area contributed by atoms with E-state index in [0.717, 1.165) is 31.3 Å². The molecule has 0 atom stereocenters. The lowest BCUT2D eigenvalue weighted by atomic mass is 9.92. The van der Waals surface area contributed by atoms with Crippen molar-refractivity contribution in [3.05, 3.63) is 23.9 Å². The number of hydrogen-bond acceptors (Lipinski definition) is 3. The Kier molecular flexibility index (Phi) is 4.23. The van der Waals surface area contributed by atoms with Gasteiger partial charge in [0.25, 0.3) is 0 Å². The van der Waals surface area contributed by atoms with Gasteiger partial charge < -0.3 is 10.1 Å². The van der Waals surface area contributed by atoms with Gasteiger partial charge in [0, 0.05) is 17.2 Å². The van der Waals surface area contributed by atoms with Crippen molar-refractivity contribution in [2.24, 2.45) is 5.92 Å². The number of nitrogens with one attached hydrogen (secondary N) is 1. The Bertz CT molecular complexity index is 378. The Morgan fingerprint density at radius 2 is 2.00 bits per heavy atom. The Morgan fingerprint density at radius 1 is 1.28 bits per heavy atom. The first-order valence-electron chi connectivity index (χ1n) is 6.87. The van der Waals surface area contributed by atoms with Gasteiger partial charge in [-0.1, -0.05) is 26.8 Å². The summed E-state index contributed by atoms with van der Waals surface area (Å²) in [6.07, 6.45) is 2.41. The van der Waals surface area contributed by atoms with Crippen molar-refractivity contribution < 1.29 is 4.74 Å². The zero-order valence-corrected chi connectivity index (χ0v) is 11.7. The summed E-state index contributed by atoms with van der Waals surface area (Å²) in [5.41, 5.74) is 1.17. The van der Waals surface area contributed by atoms with E-state index in [0.29, 0.717) is 5.92 Å². The van der Waals surface area contributed by atoms with Gasteiger partial charge in [-0.15, -0.1) is 0 Å². The number of hydrogen-bond donors (Lipinski definition) is 1. The smallest absolute Gasteiger partial charge is 0.213 e. The SMILES string of the molecule is CC(C)(C)c1cccc(OCC2CCNCC2)n1. The third-order valence-electron chi connectivity index (χ3n) is 3.42. The molecule has 0 spiro atoms. The molecule has 2 rings (SSSR count). The largest absolute Gasteiger partial charge is 0.477 e. The topological polar surface area (TPSA) is 34.1 Å². The van der Waals surface area contributed by atoms with E-state index in [4.69, 9.17) is 4.74 Å². The molecule has 0 aromatic carbocycles. The van der Waals surface area contributed by atoms with Crippen molar-refractivity contribution in [3.63, 3.8) is 0 Å². The van der Waals surface area contributed by atoms with Crippen molar-refractivity contribution in [1.29, 1.82) is 0 Å². The molecule has 0 bridgehead atoms. The van der Waals surface area contributed by atoms with Gasteiger partial charge in [-0.25, -0.2) is 4.98 Å². The van der Waals surface area contributed by atoms with Crippen molar-refractivity contribution in [2.45, 2.75) is 39.0 Å². The highest BCUT2D eigenvalue weighted by molar-refractivity contribution is 5.20. The lowest BCUT2D eigenvalue weighted by Crippen LogP contribution is -2.30. The number of piperidine rings is 1. The molecule has 3 heteroatoms. The van der Waals surface area contributed by atoms with Crippen molar-refractivity contribution in [1.82, 2.24) is 10.3 Å². The fraction of sp³-hybridized carbons (Fsp3) is 0.667. The standard InChI is InChI=1S/C15H24N2O/c1-15(2,3)13-5-4-6-14(17-13)18-11-12-7-9-16-10-8-12/h4-6,12,16H,7-11H2,1-3H3. The first-order chi connectivity index (χ1) is 8.55. The molecule has 1 aromatic rings. The summed E-state index contributed by atoms with van der Waals surface area (Å²) in [7, 11) is 0. The maximum absolute atomic E-state index is 5.84. The van der Waals surface area contributed by atoms with Crippen LogP contribution in [0.4, 0.5) is 0 Å². The van der Waals surface area contributed by atoms with Gasteiger partial charge in [0.15, 0.2) is 0 Å². The quantitative estimate of drug-likeness (QED) is 0.893. The zero-order chi connectivity index (χ0) is 13.0. The van der Waals surface area contributed by atoms with E-state index in [1.807, 2.05) is 12.1 Å². The van der Waals surface area contributed by atoms with Crippen LogP contribution in [-0.2, 0) is 5.41 Å². The fourth-order valence-corrected chi connectivity index (χ4v) is 2.16. The van der Waals surface area contributed by atoms with E-state index in [-0.39, 0.29) is 5.41 Å². The minimum Gasteiger partial charge on any atom is -0.477 e. The average molecular weight is 248 g/mol. The minimum absolute atomic E-state index is 0.0775. The van der Waals surface area contributed by atoms with Crippen LogP contribution in [0.3, 0.4) is 0 Å². The molecule has 2 heterocycles. The van der Waals surface area contributed by atoms with E-state index in [1.54, 1.807) is 0 Å². The second kappa shape index (κ2) is 5.70. The Balaban J connectivity index is 1.92. The Morgan fingerprint density at radius 3 is 2.67 bits per heavy atom. The third-order valence-corrected chi connectivity index (χ3v) is 3.42. The molecule has 0 aliphatic carbocycles. The fourth-order valence-electron chi connectivity index (χ4n) is 2.16. The van der Waals surface area contributed by atoms with Crippen LogP contribution >= 0.6 is 0 Å². The molecule has 18 heavy (non-hydrogen) atoms. The van der Waals surface area contributed by atoms with Crippen molar-refractivity contribution in [2.75, 3.05) is 19.7 Å². The normalized spacial score (nSPS) is 17.7. The Hall–Kier alpha value is -1.09. The maximum Gasteiger partial charge on any atom is 0.213 e. The van der Waals surface area contributed by atoms with Gasteiger partial charge in [0.05, 0.1) is 6.61 Å². The van der Waals surface area contributed by atoms with E-state index in [9.17, 15) is 0 Å². The highest BCUT2D eigenvalue weighted by Crippen LogP contribution is 2.22. The van der Waals surface area contributed by atoms with Crippen LogP contribution in [0.1, 0.15) is 39.3 Å². The molecular formula is C15H24N2O. The molecule has 1 aromatic heterocycles. The van der Waals surface area contributed by atoms with Crippen LogP contribution in [0.25, 0.3) is 0 Å². The molecule has 1 aliphatic rings. The highest BCUT2D eigenvalue weighted by Gasteiger charge is 2.17. The van der Waals surface area contributed by atoms with Crippen LogP contribution in [0, 0.1) is 5.92 Å².